The second-order valence-corrected chi connectivity index (χ2v) is 8.34. The summed E-state index contributed by atoms with van der Waals surface area (Å²) in [5.74, 6) is -0.181. The van der Waals surface area contributed by atoms with Gasteiger partial charge in [0.1, 0.15) is 11.6 Å². The van der Waals surface area contributed by atoms with E-state index < -0.39 is 0 Å². The van der Waals surface area contributed by atoms with Crippen LogP contribution in [0, 0.1) is 12.7 Å². The summed E-state index contributed by atoms with van der Waals surface area (Å²) in [6.45, 7) is 1.83. The Hall–Kier alpha value is -2.55. The van der Waals surface area contributed by atoms with Gasteiger partial charge in [0.15, 0.2) is 0 Å². The molecule has 4 rings (SSSR count). The second kappa shape index (κ2) is 8.06. The number of thiazole rings is 1. The van der Waals surface area contributed by atoms with E-state index >= 15 is 0 Å². The van der Waals surface area contributed by atoms with Crippen LogP contribution in [0.2, 0.25) is 5.02 Å². The highest BCUT2D eigenvalue weighted by molar-refractivity contribution is 9.10. The molecule has 0 unspecified atom stereocenters. The number of hydrogen-bond acceptors (Lipinski definition) is 4. The SMILES string of the molecule is Cc1cc(NC(=O)c2cc(Br)ccc2Cl)n(-c2nc(-c3ccc(F)cc3)cs2)n1. The molecule has 29 heavy (non-hydrogen) atoms. The molecule has 0 spiro atoms. The summed E-state index contributed by atoms with van der Waals surface area (Å²) in [5, 5.41) is 10.1. The molecular formula is C20H13BrClFN4OS. The Bertz CT molecular complexity index is 1210. The van der Waals surface area contributed by atoms with Crippen molar-refractivity contribution < 1.29 is 9.18 Å². The lowest BCUT2D eigenvalue weighted by Crippen LogP contribution is -2.15. The third-order valence-electron chi connectivity index (χ3n) is 4.06. The van der Waals surface area contributed by atoms with Gasteiger partial charge in [0.05, 0.1) is 22.0 Å². The largest absolute Gasteiger partial charge is 0.306 e. The van der Waals surface area contributed by atoms with Gasteiger partial charge in [-0.15, -0.1) is 11.3 Å². The molecule has 4 aromatic rings. The molecule has 1 N–H and O–H groups in total. The second-order valence-electron chi connectivity index (χ2n) is 6.18. The highest BCUT2D eigenvalue weighted by Crippen LogP contribution is 2.27. The van der Waals surface area contributed by atoms with Gasteiger partial charge in [0.2, 0.25) is 5.13 Å². The fraction of sp³-hybridized carbons (Fsp3) is 0.0500. The van der Waals surface area contributed by atoms with E-state index in [1.165, 1.54) is 23.5 Å². The van der Waals surface area contributed by atoms with E-state index in [-0.39, 0.29) is 11.7 Å². The van der Waals surface area contributed by atoms with Crippen molar-refractivity contribution in [3.05, 3.63) is 80.5 Å². The first-order valence-corrected chi connectivity index (χ1v) is 10.5. The average Bonchev–Trinajstić information content (AvgIpc) is 3.31. The van der Waals surface area contributed by atoms with Crippen LogP contribution in [0.25, 0.3) is 16.4 Å². The van der Waals surface area contributed by atoms with Crippen LogP contribution in [0.5, 0.6) is 0 Å². The van der Waals surface area contributed by atoms with Crippen molar-refractivity contribution in [1.29, 1.82) is 0 Å². The Morgan fingerprint density at radius 3 is 2.72 bits per heavy atom. The summed E-state index contributed by atoms with van der Waals surface area (Å²) < 4.78 is 15.5. The van der Waals surface area contributed by atoms with Gasteiger partial charge in [0.25, 0.3) is 5.91 Å². The minimum absolute atomic E-state index is 0.303. The van der Waals surface area contributed by atoms with Crippen molar-refractivity contribution >= 4 is 50.6 Å². The Morgan fingerprint density at radius 1 is 1.21 bits per heavy atom. The molecule has 0 bridgehead atoms. The first-order valence-electron chi connectivity index (χ1n) is 8.45. The van der Waals surface area contributed by atoms with Gasteiger partial charge in [0, 0.05) is 21.5 Å². The minimum Gasteiger partial charge on any atom is -0.306 e. The molecule has 0 saturated carbocycles. The number of aryl methyl sites for hydroxylation is 1. The Balaban J connectivity index is 1.64. The molecule has 0 aliphatic carbocycles. The fourth-order valence-corrected chi connectivity index (χ4v) is 4.06. The number of anilines is 1. The lowest BCUT2D eigenvalue weighted by atomic mass is 10.2. The molecule has 0 aliphatic rings. The quantitative estimate of drug-likeness (QED) is 0.375. The van der Waals surface area contributed by atoms with Gasteiger partial charge in [-0.3, -0.25) is 4.79 Å². The number of amides is 1. The van der Waals surface area contributed by atoms with Crippen LogP contribution in [-0.4, -0.2) is 20.7 Å². The monoisotopic (exact) mass is 490 g/mol. The van der Waals surface area contributed by atoms with Gasteiger partial charge in [-0.2, -0.15) is 9.78 Å². The van der Waals surface area contributed by atoms with Crippen LogP contribution in [0.3, 0.4) is 0 Å². The van der Waals surface area contributed by atoms with Crippen molar-refractivity contribution in [3.8, 4) is 16.4 Å². The molecule has 146 valence electrons. The predicted molar refractivity (Wildman–Crippen MR) is 116 cm³/mol. The van der Waals surface area contributed by atoms with Crippen molar-refractivity contribution in [2.75, 3.05) is 5.32 Å². The zero-order valence-corrected chi connectivity index (χ0v) is 18.1. The van der Waals surface area contributed by atoms with Gasteiger partial charge in [-0.25, -0.2) is 9.37 Å². The maximum absolute atomic E-state index is 13.2. The number of rotatable bonds is 4. The van der Waals surface area contributed by atoms with Crippen LogP contribution in [0.15, 0.2) is 58.4 Å². The molecule has 5 nitrogen and oxygen atoms in total. The van der Waals surface area contributed by atoms with E-state index in [1.807, 2.05) is 12.3 Å². The number of nitrogens with one attached hydrogen (secondary N) is 1. The Labute approximate surface area is 183 Å². The van der Waals surface area contributed by atoms with Crippen molar-refractivity contribution in [2.45, 2.75) is 6.92 Å². The van der Waals surface area contributed by atoms with E-state index in [0.717, 1.165) is 15.7 Å². The predicted octanol–water partition coefficient (Wildman–Crippen LogP) is 6.11. The van der Waals surface area contributed by atoms with Gasteiger partial charge in [-0.05, 0) is 49.4 Å². The van der Waals surface area contributed by atoms with Crippen molar-refractivity contribution in [1.82, 2.24) is 14.8 Å². The van der Waals surface area contributed by atoms with Gasteiger partial charge < -0.3 is 5.32 Å². The van der Waals surface area contributed by atoms with E-state index in [4.69, 9.17) is 11.6 Å². The molecule has 9 heteroatoms. The Kier molecular flexibility index (Phi) is 5.49. The molecule has 0 radical (unpaired) electrons. The van der Waals surface area contributed by atoms with Crippen LogP contribution in [0.1, 0.15) is 16.1 Å². The minimum atomic E-state index is -0.354. The van der Waals surface area contributed by atoms with Crippen LogP contribution in [0.4, 0.5) is 10.2 Å². The topological polar surface area (TPSA) is 59.8 Å². The first-order chi connectivity index (χ1) is 13.9. The van der Waals surface area contributed by atoms with Crippen molar-refractivity contribution in [2.24, 2.45) is 0 Å². The highest BCUT2D eigenvalue weighted by Gasteiger charge is 2.17. The number of carbonyl (C=O) groups is 1. The molecule has 2 heterocycles. The third-order valence-corrected chi connectivity index (χ3v) is 5.70. The van der Waals surface area contributed by atoms with E-state index in [0.29, 0.717) is 27.2 Å². The summed E-state index contributed by atoms with van der Waals surface area (Å²) in [7, 11) is 0. The molecular weight excluding hydrogens is 479 g/mol. The lowest BCUT2D eigenvalue weighted by molar-refractivity contribution is 0.102. The summed E-state index contributed by atoms with van der Waals surface area (Å²) in [4.78, 5) is 17.3. The lowest BCUT2D eigenvalue weighted by Gasteiger charge is -2.08. The zero-order chi connectivity index (χ0) is 20.5. The number of halogens is 3. The summed E-state index contributed by atoms with van der Waals surface area (Å²) in [6, 6.07) is 12.9. The Morgan fingerprint density at radius 2 is 1.97 bits per heavy atom. The molecule has 0 atom stereocenters. The molecule has 1 amide bonds. The molecule has 0 fully saturated rings. The molecule has 2 aromatic heterocycles. The summed E-state index contributed by atoms with van der Waals surface area (Å²) in [6.07, 6.45) is 0. The van der Waals surface area contributed by atoms with E-state index in [9.17, 15) is 9.18 Å². The fourth-order valence-electron chi connectivity index (χ4n) is 2.70. The summed E-state index contributed by atoms with van der Waals surface area (Å²) in [5.41, 5.74) is 2.56. The molecule has 2 aromatic carbocycles. The highest BCUT2D eigenvalue weighted by atomic mass is 79.9. The van der Waals surface area contributed by atoms with E-state index in [1.54, 1.807) is 41.1 Å². The number of benzene rings is 2. The maximum Gasteiger partial charge on any atom is 0.258 e. The first kappa shape index (κ1) is 19.8. The standard InChI is InChI=1S/C20H13BrClFN4OS/c1-11-8-18(25-19(28)15-9-13(21)4-7-16(15)22)27(26-11)20-24-17(10-29-20)12-2-5-14(23)6-3-12/h2-10H,1H3,(H,25,28). The van der Waals surface area contributed by atoms with Gasteiger partial charge >= 0.3 is 0 Å². The normalized spacial score (nSPS) is 10.9. The third kappa shape index (κ3) is 4.24. The summed E-state index contributed by atoms with van der Waals surface area (Å²) >= 11 is 10.9. The van der Waals surface area contributed by atoms with Crippen LogP contribution in [-0.2, 0) is 0 Å². The van der Waals surface area contributed by atoms with Crippen LogP contribution < -0.4 is 5.32 Å². The number of aromatic nitrogens is 3. The van der Waals surface area contributed by atoms with Gasteiger partial charge in [-0.1, -0.05) is 27.5 Å². The van der Waals surface area contributed by atoms with Crippen LogP contribution >= 0.6 is 38.9 Å². The number of carbonyl (C=O) groups excluding carboxylic acids is 1. The molecule has 0 saturated heterocycles. The molecule has 0 aliphatic heterocycles. The maximum atomic E-state index is 13.2. The smallest absolute Gasteiger partial charge is 0.258 e. The van der Waals surface area contributed by atoms with E-state index in [2.05, 4.69) is 31.3 Å². The van der Waals surface area contributed by atoms with Crippen molar-refractivity contribution in [3.63, 3.8) is 0 Å². The number of nitrogens with zero attached hydrogens (tertiary/aromatic N) is 3. The average molecular weight is 492 g/mol. The number of hydrogen-bond donors (Lipinski definition) is 1. The zero-order valence-electron chi connectivity index (χ0n) is 15.0.